The van der Waals surface area contributed by atoms with E-state index in [-0.39, 0.29) is 5.91 Å². The maximum atomic E-state index is 12.5. The van der Waals surface area contributed by atoms with Crippen molar-refractivity contribution in [1.29, 1.82) is 0 Å². The lowest BCUT2D eigenvalue weighted by molar-refractivity contribution is 0.0766. The maximum Gasteiger partial charge on any atom is 0.272 e. The Labute approximate surface area is 136 Å². The van der Waals surface area contributed by atoms with Gasteiger partial charge >= 0.3 is 0 Å². The number of aromatic nitrogens is 2. The Morgan fingerprint density at radius 2 is 1.96 bits per heavy atom. The van der Waals surface area contributed by atoms with E-state index < -0.39 is 0 Å². The molecule has 6 heteroatoms. The highest BCUT2D eigenvalue weighted by atomic mass is 16.5. The standard InChI is InChI=1S/C17H22N4O2/c1-5-21(6-2)17(22)15-11-16(19-12(3)18-15)20-13-8-7-9-14(10-13)23-4/h7-11H,5-6H2,1-4H3,(H,18,19,20). The predicted molar refractivity (Wildman–Crippen MR) is 90.3 cm³/mol. The molecule has 0 saturated carbocycles. The van der Waals surface area contributed by atoms with E-state index in [0.29, 0.717) is 30.4 Å². The molecule has 0 saturated heterocycles. The number of anilines is 2. The summed E-state index contributed by atoms with van der Waals surface area (Å²) in [6.45, 7) is 6.97. The van der Waals surface area contributed by atoms with Crippen LogP contribution in [0.1, 0.15) is 30.2 Å². The summed E-state index contributed by atoms with van der Waals surface area (Å²) < 4.78 is 5.21. The van der Waals surface area contributed by atoms with Crippen molar-refractivity contribution < 1.29 is 9.53 Å². The first-order valence-corrected chi connectivity index (χ1v) is 7.63. The average molecular weight is 314 g/mol. The van der Waals surface area contributed by atoms with E-state index in [9.17, 15) is 4.79 Å². The summed E-state index contributed by atoms with van der Waals surface area (Å²) in [5.74, 6) is 1.80. The Bertz CT molecular complexity index is 684. The van der Waals surface area contributed by atoms with Gasteiger partial charge in [-0.25, -0.2) is 9.97 Å². The number of nitrogens with one attached hydrogen (secondary N) is 1. The number of carbonyl (C=O) groups is 1. The third-order valence-electron chi connectivity index (χ3n) is 3.45. The molecule has 0 unspecified atom stereocenters. The van der Waals surface area contributed by atoms with Crippen LogP contribution >= 0.6 is 0 Å². The van der Waals surface area contributed by atoms with Gasteiger partial charge in [-0.3, -0.25) is 4.79 Å². The number of ether oxygens (including phenoxy) is 1. The molecule has 122 valence electrons. The molecule has 0 aliphatic heterocycles. The van der Waals surface area contributed by atoms with Crippen molar-refractivity contribution in [3.63, 3.8) is 0 Å². The number of carbonyl (C=O) groups excluding carboxylic acids is 1. The largest absolute Gasteiger partial charge is 0.497 e. The van der Waals surface area contributed by atoms with E-state index in [1.54, 1.807) is 25.0 Å². The van der Waals surface area contributed by atoms with E-state index in [4.69, 9.17) is 4.74 Å². The fourth-order valence-corrected chi connectivity index (χ4v) is 2.26. The predicted octanol–water partition coefficient (Wildman–Crippen LogP) is 3.02. The van der Waals surface area contributed by atoms with Gasteiger partial charge < -0.3 is 15.0 Å². The van der Waals surface area contributed by atoms with Crippen molar-refractivity contribution in [2.45, 2.75) is 20.8 Å². The van der Waals surface area contributed by atoms with E-state index in [1.165, 1.54) is 0 Å². The van der Waals surface area contributed by atoms with Crippen LogP contribution in [-0.4, -0.2) is 41.0 Å². The Morgan fingerprint density at radius 3 is 2.61 bits per heavy atom. The van der Waals surface area contributed by atoms with Gasteiger partial charge in [0.05, 0.1) is 7.11 Å². The third kappa shape index (κ3) is 4.18. The van der Waals surface area contributed by atoms with Crippen molar-refractivity contribution >= 4 is 17.4 Å². The number of hydrogen-bond donors (Lipinski definition) is 1. The van der Waals surface area contributed by atoms with E-state index in [2.05, 4.69) is 15.3 Å². The van der Waals surface area contributed by atoms with Gasteiger partial charge in [-0.05, 0) is 32.9 Å². The molecule has 0 radical (unpaired) electrons. The monoisotopic (exact) mass is 314 g/mol. The quantitative estimate of drug-likeness (QED) is 0.887. The van der Waals surface area contributed by atoms with E-state index >= 15 is 0 Å². The van der Waals surface area contributed by atoms with Crippen molar-refractivity contribution in [3.8, 4) is 5.75 Å². The van der Waals surface area contributed by atoms with Crippen LogP contribution in [0, 0.1) is 6.92 Å². The molecule has 0 fully saturated rings. The summed E-state index contributed by atoms with van der Waals surface area (Å²) in [7, 11) is 1.62. The second-order valence-corrected chi connectivity index (χ2v) is 5.02. The third-order valence-corrected chi connectivity index (χ3v) is 3.45. The van der Waals surface area contributed by atoms with Gasteiger partial charge in [-0.1, -0.05) is 6.07 Å². The number of amides is 1. The molecule has 0 spiro atoms. The molecule has 1 heterocycles. The molecule has 1 aromatic carbocycles. The SMILES string of the molecule is CCN(CC)C(=O)c1cc(Nc2cccc(OC)c2)nc(C)n1. The lowest BCUT2D eigenvalue weighted by Crippen LogP contribution is -2.31. The number of hydrogen-bond acceptors (Lipinski definition) is 5. The van der Waals surface area contributed by atoms with Crippen molar-refractivity contribution in [3.05, 3.63) is 41.9 Å². The fourth-order valence-electron chi connectivity index (χ4n) is 2.26. The highest BCUT2D eigenvalue weighted by Crippen LogP contribution is 2.21. The van der Waals surface area contributed by atoms with Gasteiger partial charge in [0.25, 0.3) is 5.91 Å². The normalized spacial score (nSPS) is 10.3. The summed E-state index contributed by atoms with van der Waals surface area (Å²) in [6.07, 6.45) is 0. The maximum absolute atomic E-state index is 12.5. The van der Waals surface area contributed by atoms with Crippen LogP contribution in [0.5, 0.6) is 5.75 Å². The smallest absolute Gasteiger partial charge is 0.272 e. The Hall–Kier alpha value is -2.63. The van der Waals surface area contributed by atoms with Gasteiger partial charge in [0.15, 0.2) is 0 Å². The molecule has 6 nitrogen and oxygen atoms in total. The molecular formula is C17H22N4O2. The second-order valence-electron chi connectivity index (χ2n) is 5.02. The lowest BCUT2D eigenvalue weighted by atomic mass is 10.3. The zero-order valence-electron chi connectivity index (χ0n) is 14.0. The molecule has 0 atom stereocenters. The summed E-state index contributed by atoms with van der Waals surface area (Å²) >= 11 is 0. The molecule has 2 rings (SSSR count). The van der Waals surface area contributed by atoms with Crippen LogP contribution < -0.4 is 10.1 Å². The average Bonchev–Trinajstić information content (AvgIpc) is 2.55. The number of aryl methyl sites for hydroxylation is 1. The molecule has 0 bridgehead atoms. The van der Waals surface area contributed by atoms with Crippen LogP contribution in [0.3, 0.4) is 0 Å². The van der Waals surface area contributed by atoms with Gasteiger partial charge in [0.2, 0.25) is 0 Å². The van der Waals surface area contributed by atoms with Crippen LogP contribution in [0.25, 0.3) is 0 Å². The molecule has 0 aliphatic rings. The molecule has 1 aromatic heterocycles. The van der Waals surface area contributed by atoms with Gasteiger partial charge in [0.1, 0.15) is 23.1 Å². The molecule has 2 aromatic rings. The summed E-state index contributed by atoms with van der Waals surface area (Å²) in [5.41, 5.74) is 1.23. The fraction of sp³-hybridized carbons (Fsp3) is 0.353. The molecule has 23 heavy (non-hydrogen) atoms. The van der Waals surface area contributed by atoms with Crippen LogP contribution in [0.15, 0.2) is 30.3 Å². The summed E-state index contributed by atoms with van der Waals surface area (Å²) in [4.78, 5) is 22.8. The summed E-state index contributed by atoms with van der Waals surface area (Å²) in [5, 5.41) is 3.19. The van der Waals surface area contributed by atoms with Crippen molar-refractivity contribution in [2.24, 2.45) is 0 Å². The highest BCUT2D eigenvalue weighted by molar-refractivity contribution is 5.93. The minimum absolute atomic E-state index is 0.0887. The number of benzene rings is 1. The first-order chi connectivity index (χ1) is 11.1. The first kappa shape index (κ1) is 16.7. The van der Waals surface area contributed by atoms with Crippen molar-refractivity contribution in [2.75, 3.05) is 25.5 Å². The minimum Gasteiger partial charge on any atom is -0.497 e. The Balaban J connectivity index is 2.28. The Morgan fingerprint density at radius 1 is 1.22 bits per heavy atom. The molecule has 1 amide bonds. The number of methoxy groups -OCH3 is 1. The first-order valence-electron chi connectivity index (χ1n) is 7.63. The van der Waals surface area contributed by atoms with Gasteiger partial charge in [-0.2, -0.15) is 0 Å². The minimum atomic E-state index is -0.0887. The Kier molecular flexibility index (Phi) is 5.51. The van der Waals surface area contributed by atoms with Gasteiger partial charge in [-0.15, -0.1) is 0 Å². The molecular weight excluding hydrogens is 292 g/mol. The molecule has 0 aliphatic carbocycles. The number of nitrogens with zero attached hydrogens (tertiary/aromatic N) is 3. The van der Waals surface area contributed by atoms with Gasteiger partial charge in [0, 0.05) is 30.9 Å². The second kappa shape index (κ2) is 7.58. The van der Waals surface area contributed by atoms with Crippen LogP contribution in [0.4, 0.5) is 11.5 Å². The van der Waals surface area contributed by atoms with Crippen LogP contribution in [-0.2, 0) is 0 Å². The summed E-state index contributed by atoms with van der Waals surface area (Å²) in [6, 6.07) is 9.20. The van der Waals surface area contributed by atoms with Crippen molar-refractivity contribution in [1.82, 2.24) is 14.9 Å². The highest BCUT2D eigenvalue weighted by Gasteiger charge is 2.16. The zero-order valence-corrected chi connectivity index (χ0v) is 14.0. The van der Waals surface area contributed by atoms with Crippen LogP contribution in [0.2, 0.25) is 0 Å². The number of rotatable bonds is 6. The van der Waals surface area contributed by atoms with E-state index in [0.717, 1.165) is 11.4 Å². The topological polar surface area (TPSA) is 67.4 Å². The van der Waals surface area contributed by atoms with E-state index in [1.807, 2.05) is 38.1 Å². The zero-order chi connectivity index (χ0) is 16.8. The lowest BCUT2D eigenvalue weighted by Gasteiger charge is -2.18. The molecule has 1 N–H and O–H groups in total.